The summed E-state index contributed by atoms with van der Waals surface area (Å²) in [5.41, 5.74) is 0. The number of hydrogen-bond acceptors (Lipinski definition) is 4. The topological polar surface area (TPSA) is 63.6 Å². The predicted molar refractivity (Wildman–Crippen MR) is 37.6 cm³/mol. The number of carbonyl (C=O) groups excluding carboxylic acids is 2. The van der Waals surface area contributed by atoms with Crippen LogP contribution >= 0.6 is 0 Å². The molecule has 0 saturated carbocycles. The Hall–Kier alpha value is -1.16. The van der Waals surface area contributed by atoms with Crippen LogP contribution in [0, 0.1) is 0 Å². The minimum Gasteiger partial charge on any atom is -0.388 e. The molecule has 0 amide bonds. The second-order valence-electron chi connectivity index (χ2n) is 1.92. The minimum absolute atomic E-state index is 0.765. The molecule has 4 heteroatoms. The lowest BCUT2D eigenvalue weighted by atomic mass is 10.4. The summed E-state index contributed by atoms with van der Waals surface area (Å²) >= 11 is 0. The van der Waals surface area contributed by atoms with Gasteiger partial charge in [-0.1, -0.05) is 6.08 Å². The van der Waals surface area contributed by atoms with Crippen LogP contribution in [0.15, 0.2) is 12.2 Å². The van der Waals surface area contributed by atoms with E-state index in [1.54, 1.807) is 6.92 Å². The fourth-order valence-electron chi connectivity index (χ4n) is 0.355. The van der Waals surface area contributed by atoms with Crippen molar-refractivity contribution >= 4 is 11.9 Å². The predicted octanol–water partition coefficient (Wildman–Crippen LogP) is 0.0131. The highest BCUT2D eigenvalue weighted by molar-refractivity contribution is 5.93. The molecule has 0 saturated heterocycles. The van der Waals surface area contributed by atoms with E-state index in [0.717, 1.165) is 6.08 Å². The largest absolute Gasteiger partial charge is 0.388 e. The molecule has 0 aromatic rings. The first-order chi connectivity index (χ1) is 5.07. The molecule has 11 heavy (non-hydrogen) atoms. The molecule has 0 aliphatic rings. The zero-order chi connectivity index (χ0) is 8.85. The highest BCUT2D eigenvalue weighted by Crippen LogP contribution is 1.88. The van der Waals surface area contributed by atoms with Crippen LogP contribution in [0.2, 0.25) is 0 Å². The van der Waals surface area contributed by atoms with Crippen molar-refractivity contribution in [2.75, 3.05) is 0 Å². The molecule has 0 aliphatic carbocycles. The summed E-state index contributed by atoms with van der Waals surface area (Å²) in [5, 5.41) is 8.59. The first-order valence-corrected chi connectivity index (χ1v) is 3.14. The van der Waals surface area contributed by atoms with Gasteiger partial charge in [0, 0.05) is 6.08 Å². The van der Waals surface area contributed by atoms with E-state index < -0.39 is 18.0 Å². The van der Waals surface area contributed by atoms with Crippen molar-refractivity contribution < 1.29 is 19.4 Å². The van der Waals surface area contributed by atoms with Gasteiger partial charge in [-0.15, -0.1) is 0 Å². The second kappa shape index (κ2) is 4.62. The molecular formula is C7H10O4. The van der Waals surface area contributed by atoms with Gasteiger partial charge in [0.2, 0.25) is 0 Å². The number of carbonyl (C=O) groups is 2. The summed E-state index contributed by atoms with van der Waals surface area (Å²) in [6, 6.07) is 0. The summed E-state index contributed by atoms with van der Waals surface area (Å²) in [5.74, 6) is -1.70. The van der Waals surface area contributed by atoms with Crippen LogP contribution in [0.25, 0.3) is 0 Å². The number of esters is 2. The Balaban J connectivity index is 3.86. The Labute approximate surface area is 64.5 Å². The lowest BCUT2D eigenvalue weighted by molar-refractivity contribution is -0.162. The van der Waals surface area contributed by atoms with E-state index in [1.807, 2.05) is 0 Å². The number of hydrogen-bond donors (Lipinski definition) is 1. The van der Waals surface area contributed by atoms with Gasteiger partial charge in [-0.05, 0) is 13.8 Å². The number of aliphatic hydroxyl groups is 1. The van der Waals surface area contributed by atoms with Crippen LogP contribution in [0.1, 0.15) is 13.8 Å². The summed E-state index contributed by atoms with van der Waals surface area (Å²) in [4.78, 5) is 21.0. The third-order valence-corrected chi connectivity index (χ3v) is 0.845. The minimum atomic E-state index is -1.26. The van der Waals surface area contributed by atoms with Crippen LogP contribution < -0.4 is 0 Å². The molecule has 1 atom stereocenters. The van der Waals surface area contributed by atoms with Crippen molar-refractivity contribution in [3.63, 3.8) is 0 Å². The normalized spacial score (nSPS) is 13.0. The van der Waals surface area contributed by atoms with Crippen LogP contribution in [0.3, 0.4) is 0 Å². The molecule has 1 unspecified atom stereocenters. The van der Waals surface area contributed by atoms with Crippen LogP contribution in [-0.2, 0) is 14.3 Å². The Morgan fingerprint density at radius 3 is 2.45 bits per heavy atom. The van der Waals surface area contributed by atoms with Gasteiger partial charge in [-0.3, -0.25) is 0 Å². The van der Waals surface area contributed by atoms with Crippen molar-refractivity contribution in [2.45, 2.75) is 20.0 Å². The third-order valence-electron chi connectivity index (χ3n) is 0.845. The summed E-state index contributed by atoms with van der Waals surface area (Å²) < 4.78 is 4.14. The summed E-state index contributed by atoms with van der Waals surface area (Å²) in [6.07, 6.45) is 1.28. The molecule has 1 N–H and O–H groups in total. The summed E-state index contributed by atoms with van der Waals surface area (Å²) in [6.45, 7) is 2.85. The van der Waals surface area contributed by atoms with Gasteiger partial charge >= 0.3 is 11.9 Å². The van der Waals surface area contributed by atoms with Gasteiger partial charge < -0.3 is 9.84 Å². The fourth-order valence-corrected chi connectivity index (χ4v) is 0.355. The van der Waals surface area contributed by atoms with Crippen molar-refractivity contribution in [1.82, 2.24) is 0 Å². The Morgan fingerprint density at radius 2 is 2.09 bits per heavy atom. The first-order valence-electron chi connectivity index (χ1n) is 3.14. The van der Waals surface area contributed by atoms with Crippen molar-refractivity contribution in [2.24, 2.45) is 0 Å². The number of allylic oxidation sites excluding steroid dienone is 1. The maximum absolute atomic E-state index is 10.5. The molecule has 0 bridgehead atoms. The summed E-state index contributed by atoms with van der Waals surface area (Å²) in [7, 11) is 0. The lowest BCUT2D eigenvalue weighted by Gasteiger charge is -2.00. The van der Waals surface area contributed by atoms with Gasteiger partial charge in [0.1, 0.15) is 6.10 Å². The molecule has 4 nitrogen and oxygen atoms in total. The third kappa shape index (κ3) is 4.27. The standard InChI is InChI=1S/C7H10O4/c1-3-4-6(9)11-7(10)5(2)8/h3-5,8H,1-2H3/b4-3+. The van der Waals surface area contributed by atoms with E-state index in [2.05, 4.69) is 4.74 Å². The molecule has 0 radical (unpaired) electrons. The monoisotopic (exact) mass is 158 g/mol. The Morgan fingerprint density at radius 1 is 1.55 bits per heavy atom. The van der Waals surface area contributed by atoms with Gasteiger partial charge in [0.25, 0.3) is 0 Å². The quantitative estimate of drug-likeness (QED) is 0.349. The van der Waals surface area contributed by atoms with Gasteiger partial charge in [-0.2, -0.15) is 0 Å². The second-order valence-corrected chi connectivity index (χ2v) is 1.92. The molecular weight excluding hydrogens is 148 g/mol. The van der Waals surface area contributed by atoms with E-state index in [4.69, 9.17) is 5.11 Å². The Kier molecular flexibility index (Phi) is 4.14. The molecule has 0 rings (SSSR count). The van der Waals surface area contributed by atoms with E-state index >= 15 is 0 Å². The van der Waals surface area contributed by atoms with Crippen molar-refractivity contribution in [3.8, 4) is 0 Å². The van der Waals surface area contributed by atoms with E-state index in [-0.39, 0.29) is 0 Å². The smallest absolute Gasteiger partial charge is 0.342 e. The van der Waals surface area contributed by atoms with Gasteiger partial charge in [-0.25, -0.2) is 9.59 Å². The fraction of sp³-hybridized carbons (Fsp3) is 0.429. The molecule has 0 spiro atoms. The van der Waals surface area contributed by atoms with Crippen molar-refractivity contribution in [3.05, 3.63) is 12.2 Å². The SMILES string of the molecule is C/C=C/C(=O)OC(=O)C(C)O. The van der Waals surface area contributed by atoms with E-state index in [1.165, 1.54) is 13.0 Å². The van der Waals surface area contributed by atoms with Gasteiger partial charge in [0.05, 0.1) is 0 Å². The number of rotatable bonds is 2. The highest BCUT2D eigenvalue weighted by Gasteiger charge is 2.12. The molecule has 0 fully saturated rings. The number of ether oxygens (including phenoxy) is 1. The zero-order valence-electron chi connectivity index (χ0n) is 6.40. The van der Waals surface area contributed by atoms with E-state index in [0.29, 0.717) is 0 Å². The molecule has 62 valence electrons. The van der Waals surface area contributed by atoms with E-state index in [9.17, 15) is 9.59 Å². The zero-order valence-corrected chi connectivity index (χ0v) is 6.40. The first kappa shape index (κ1) is 9.84. The highest BCUT2D eigenvalue weighted by atomic mass is 16.6. The molecule has 0 heterocycles. The Bertz CT molecular complexity index is 181. The van der Waals surface area contributed by atoms with Gasteiger partial charge in [0.15, 0.2) is 0 Å². The maximum atomic E-state index is 10.5. The van der Waals surface area contributed by atoms with Crippen LogP contribution in [-0.4, -0.2) is 23.1 Å². The van der Waals surface area contributed by atoms with Crippen LogP contribution in [0.5, 0.6) is 0 Å². The number of aliphatic hydroxyl groups excluding tert-OH is 1. The molecule has 0 aromatic heterocycles. The lowest BCUT2D eigenvalue weighted by Crippen LogP contribution is -2.21. The average Bonchev–Trinajstić information content (AvgIpc) is 1.87. The van der Waals surface area contributed by atoms with Crippen molar-refractivity contribution in [1.29, 1.82) is 0 Å². The maximum Gasteiger partial charge on any atom is 0.342 e. The molecule has 0 aliphatic heterocycles. The average molecular weight is 158 g/mol. The molecule has 0 aromatic carbocycles. The van der Waals surface area contributed by atoms with Crippen LogP contribution in [0.4, 0.5) is 0 Å².